The minimum absolute atomic E-state index is 0.00566. The molecule has 4 heterocycles. The predicted molar refractivity (Wildman–Crippen MR) is 230 cm³/mol. The average molecular weight is 963 g/mol. The van der Waals surface area contributed by atoms with E-state index < -0.39 is 147 Å². The number of hydrogen-bond donors (Lipinski definition) is 10. The Hall–Kier alpha value is -1.06. The molecule has 20 nitrogen and oxygen atoms in total. The SMILES string of the molecule is CO[C@@H]1[C@H](O)[C@H](O[C@@H]2[C@@H](OC)C[C@@H](O[C@@H]3CC[C@]4(C)C(=CC[C@H]5[C@H]4CC[C@@]4(C)[C@H]([C@H](C)O[C@H]6O[C@@H](CO[C@@H]7O[C@H](CO)[C@@H](O)[C@@H](O)[C@@H]7O)[C@H](O)[C@@H](O)[C@@H]6O)CC[C@]54O)C3)O[C@@H]2C)O[C@H](C)[C@H]1O. The van der Waals surface area contributed by atoms with Crippen LogP contribution in [-0.2, 0) is 47.4 Å². The number of rotatable bonds is 13. The molecule has 0 radical (unpaired) electrons. The second kappa shape index (κ2) is 20.5. The maximum Gasteiger partial charge on any atom is 0.187 e. The molecule has 0 bridgehead atoms. The zero-order valence-corrected chi connectivity index (χ0v) is 39.8. The Morgan fingerprint density at radius 1 is 0.687 bits per heavy atom. The Bertz CT molecular complexity index is 1690. The van der Waals surface area contributed by atoms with Gasteiger partial charge in [-0.3, -0.25) is 0 Å². The van der Waals surface area contributed by atoms with Crippen molar-refractivity contribution in [3.8, 4) is 0 Å². The quantitative estimate of drug-likeness (QED) is 0.100. The van der Waals surface area contributed by atoms with Crippen LogP contribution in [0, 0.1) is 28.6 Å². The van der Waals surface area contributed by atoms with Crippen LogP contribution in [0.15, 0.2) is 11.6 Å². The van der Waals surface area contributed by atoms with Gasteiger partial charge in [-0.1, -0.05) is 25.5 Å². The first-order chi connectivity index (χ1) is 31.7. The van der Waals surface area contributed by atoms with Crippen LogP contribution in [0.25, 0.3) is 0 Å². The van der Waals surface area contributed by atoms with Crippen molar-refractivity contribution in [3.63, 3.8) is 0 Å². The highest BCUT2D eigenvalue weighted by Crippen LogP contribution is 2.68. The van der Waals surface area contributed by atoms with Crippen LogP contribution in [0.1, 0.15) is 92.4 Å². The third-order valence-electron chi connectivity index (χ3n) is 17.8. The third kappa shape index (κ3) is 9.34. The molecule has 67 heavy (non-hydrogen) atoms. The Kier molecular flexibility index (Phi) is 16.0. The second-order valence-corrected chi connectivity index (χ2v) is 21.3. The highest BCUT2D eigenvalue weighted by molar-refractivity contribution is 5.28. The molecule has 8 rings (SSSR count). The predicted octanol–water partition coefficient (Wildman–Crippen LogP) is -0.889. The van der Waals surface area contributed by atoms with E-state index in [4.69, 9.17) is 47.4 Å². The first-order valence-electron chi connectivity index (χ1n) is 24.4. The lowest BCUT2D eigenvalue weighted by atomic mass is 9.45. The molecule has 8 aliphatic rings. The van der Waals surface area contributed by atoms with Crippen LogP contribution in [0.4, 0.5) is 0 Å². The molecule has 0 aromatic carbocycles. The molecule has 4 saturated heterocycles. The first kappa shape index (κ1) is 52.3. The summed E-state index contributed by atoms with van der Waals surface area (Å²) in [5.74, 6) is 0.111. The maximum atomic E-state index is 12.9. The van der Waals surface area contributed by atoms with Crippen LogP contribution >= 0.6 is 0 Å². The van der Waals surface area contributed by atoms with Gasteiger partial charge >= 0.3 is 0 Å². The molecule has 20 heteroatoms. The van der Waals surface area contributed by atoms with Crippen molar-refractivity contribution < 1.29 is 98.4 Å². The van der Waals surface area contributed by atoms with Crippen molar-refractivity contribution in [2.24, 2.45) is 28.6 Å². The van der Waals surface area contributed by atoms with Crippen molar-refractivity contribution in [1.82, 2.24) is 0 Å². The fourth-order valence-electron chi connectivity index (χ4n) is 13.6. The molecule has 3 saturated carbocycles. The molecule has 10 N–H and O–H groups in total. The van der Waals surface area contributed by atoms with E-state index in [-0.39, 0.29) is 29.3 Å². The summed E-state index contributed by atoms with van der Waals surface area (Å²) in [5, 5.41) is 107. The van der Waals surface area contributed by atoms with Crippen molar-refractivity contribution in [2.45, 2.75) is 227 Å². The molecule has 4 aliphatic heterocycles. The molecule has 0 aromatic rings. The number of hydrogen-bond acceptors (Lipinski definition) is 20. The van der Waals surface area contributed by atoms with Gasteiger partial charge in [-0.25, -0.2) is 0 Å². The standard InChI is InChI=1S/C47H78O20/c1-20(62-43-38(55)36(53)34(51)30(66-43)19-60-42-37(54)35(52)33(50)29(18-48)65-42)25-12-15-47(57)27-9-8-23-16-24(10-13-45(23,4)26(27)11-14-46(25,47)5)64-31-17-28(58-6)40(22(3)61-31)67-44-39(56)41(59-7)32(49)21(2)63-44/h8,20-22,24-44,48-57H,9-19H2,1-7H3/t20-,21+,22+,24+,25-,26+,27-,28-,29+,30-,31+,32+,33+,34-,35+,36+,37-,38-,39-,40-,41-,42+,43-,44-,45+,46-,47-/m0/s1. The van der Waals surface area contributed by atoms with E-state index in [0.29, 0.717) is 19.3 Å². The Morgan fingerprint density at radius 2 is 1.37 bits per heavy atom. The van der Waals surface area contributed by atoms with Crippen LogP contribution in [0.2, 0.25) is 0 Å². The summed E-state index contributed by atoms with van der Waals surface area (Å²) >= 11 is 0. The van der Waals surface area contributed by atoms with Gasteiger partial charge in [0.05, 0.1) is 49.3 Å². The number of ether oxygens (including phenoxy) is 10. The molecule has 0 amide bonds. The lowest BCUT2D eigenvalue weighted by Gasteiger charge is -2.61. The van der Waals surface area contributed by atoms with Gasteiger partial charge in [0.25, 0.3) is 0 Å². The second-order valence-electron chi connectivity index (χ2n) is 21.3. The van der Waals surface area contributed by atoms with Gasteiger partial charge in [-0.15, -0.1) is 0 Å². The van der Waals surface area contributed by atoms with Gasteiger partial charge in [0.2, 0.25) is 0 Å². The number of allylic oxidation sites excluding steroid dienone is 1. The van der Waals surface area contributed by atoms with Crippen molar-refractivity contribution >= 4 is 0 Å². The first-order valence-corrected chi connectivity index (χ1v) is 24.4. The van der Waals surface area contributed by atoms with E-state index >= 15 is 0 Å². The number of aliphatic hydroxyl groups excluding tert-OH is 9. The van der Waals surface area contributed by atoms with Gasteiger partial charge in [-0.2, -0.15) is 0 Å². The van der Waals surface area contributed by atoms with Gasteiger partial charge in [-0.05, 0) is 95.3 Å². The lowest BCUT2D eigenvalue weighted by Crippen LogP contribution is -2.63. The zero-order chi connectivity index (χ0) is 48.5. The smallest absolute Gasteiger partial charge is 0.187 e. The molecule has 7 fully saturated rings. The van der Waals surface area contributed by atoms with Gasteiger partial charge in [0.15, 0.2) is 25.2 Å². The molecule has 386 valence electrons. The molecule has 0 unspecified atom stereocenters. The molecule has 0 aromatic heterocycles. The number of methoxy groups -OCH3 is 2. The van der Waals surface area contributed by atoms with Gasteiger partial charge in [0.1, 0.15) is 73.2 Å². The van der Waals surface area contributed by atoms with E-state index in [9.17, 15) is 51.1 Å². The van der Waals surface area contributed by atoms with E-state index in [0.717, 1.165) is 38.5 Å². The summed E-state index contributed by atoms with van der Waals surface area (Å²) in [5.41, 5.74) is -0.330. The van der Waals surface area contributed by atoms with Gasteiger partial charge in [0, 0.05) is 26.1 Å². The summed E-state index contributed by atoms with van der Waals surface area (Å²) < 4.78 is 59.8. The van der Waals surface area contributed by atoms with E-state index in [1.165, 1.54) is 12.7 Å². The highest BCUT2D eigenvalue weighted by atomic mass is 16.7. The average Bonchev–Trinajstić information content (AvgIpc) is 3.59. The Morgan fingerprint density at radius 3 is 2.06 bits per heavy atom. The minimum Gasteiger partial charge on any atom is -0.394 e. The molecule has 4 aliphatic carbocycles. The summed E-state index contributed by atoms with van der Waals surface area (Å²) in [4.78, 5) is 0. The minimum atomic E-state index is -1.68. The third-order valence-corrected chi connectivity index (χ3v) is 17.8. The van der Waals surface area contributed by atoms with Crippen LogP contribution in [-0.4, -0.2) is 213 Å². The fraction of sp³-hybridized carbons (Fsp3) is 0.957. The Labute approximate surface area is 392 Å². The highest BCUT2D eigenvalue weighted by Gasteiger charge is 2.67. The monoisotopic (exact) mass is 963 g/mol. The van der Waals surface area contributed by atoms with E-state index in [1.807, 2.05) is 13.8 Å². The lowest BCUT2D eigenvalue weighted by molar-refractivity contribution is -0.342. The molecule has 27 atom stereocenters. The topological polar surface area (TPSA) is 295 Å². The normalized spacial score (nSPS) is 54.1. The number of fused-ring (bicyclic) bond motifs is 5. The van der Waals surface area contributed by atoms with Crippen molar-refractivity contribution in [1.29, 1.82) is 0 Å². The van der Waals surface area contributed by atoms with Crippen molar-refractivity contribution in [3.05, 3.63) is 11.6 Å². The van der Waals surface area contributed by atoms with Gasteiger partial charge < -0.3 is 98.4 Å². The summed E-state index contributed by atoms with van der Waals surface area (Å²) in [6.45, 7) is 8.82. The van der Waals surface area contributed by atoms with Crippen LogP contribution < -0.4 is 0 Å². The number of aliphatic hydroxyl groups is 10. The molecule has 0 spiro atoms. The summed E-state index contributed by atoms with van der Waals surface area (Å²) in [6, 6.07) is 0. The molecular weight excluding hydrogens is 884 g/mol. The largest absolute Gasteiger partial charge is 0.394 e. The van der Waals surface area contributed by atoms with Crippen molar-refractivity contribution in [2.75, 3.05) is 27.4 Å². The maximum absolute atomic E-state index is 12.9. The van der Waals surface area contributed by atoms with E-state index in [2.05, 4.69) is 19.9 Å². The summed E-state index contributed by atoms with van der Waals surface area (Å²) in [6.07, 6.45) is -13.8. The zero-order valence-electron chi connectivity index (χ0n) is 39.8. The summed E-state index contributed by atoms with van der Waals surface area (Å²) in [7, 11) is 3.03. The van der Waals surface area contributed by atoms with Crippen LogP contribution in [0.5, 0.6) is 0 Å². The Balaban J connectivity index is 0.872. The van der Waals surface area contributed by atoms with E-state index in [1.54, 1.807) is 14.0 Å². The molecular formula is C47H78O20. The van der Waals surface area contributed by atoms with Crippen LogP contribution in [0.3, 0.4) is 0 Å². The fourth-order valence-corrected chi connectivity index (χ4v) is 13.6.